The third kappa shape index (κ3) is 3.97. The topological polar surface area (TPSA) is 105 Å². The molecule has 0 saturated carbocycles. The van der Waals surface area contributed by atoms with E-state index < -0.39 is 17.9 Å². The highest BCUT2D eigenvalue weighted by Gasteiger charge is 2.25. The number of carboxylic acid groups (broad SMARTS) is 1. The molecule has 3 rings (SSSR count). The molecule has 27 heavy (non-hydrogen) atoms. The summed E-state index contributed by atoms with van der Waals surface area (Å²) >= 11 is 0. The average Bonchev–Trinajstić information content (AvgIpc) is 3.05. The van der Waals surface area contributed by atoms with Crippen LogP contribution in [0.25, 0.3) is 11.1 Å². The predicted molar refractivity (Wildman–Crippen MR) is 99.7 cm³/mol. The minimum Gasteiger partial charge on any atom is -0.480 e. The van der Waals surface area contributed by atoms with E-state index in [1.165, 1.54) is 0 Å². The van der Waals surface area contributed by atoms with E-state index in [-0.39, 0.29) is 18.1 Å². The molecule has 2 aromatic heterocycles. The monoisotopic (exact) mass is 367 g/mol. The molecule has 2 heterocycles. The fraction of sp³-hybridized carbons (Fsp3) is 0.300. The summed E-state index contributed by atoms with van der Waals surface area (Å²) in [6.45, 7) is 5.62. The Morgan fingerprint density at radius 1 is 1.22 bits per heavy atom. The van der Waals surface area contributed by atoms with Gasteiger partial charge in [0.15, 0.2) is 0 Å². The van der Waals surface area contributed by atoms with Crippen molar-refractivity contribution in [1.82, 2.24) is 15.5 Å². The lowest BCUT2D eigenvalue weighted by molar-refractivity contribution is -0.139. The Kier molecular flexibility index (Phi) is 5.21. The van der Waals surface area contributed by atoms with Gasteiger partial charge in [0.2, 0.25) is 0 Å². The second kappa shape index (κ2) is 7.57. The van der Waals surface area contributed by atoms with Crippen LogP contribution in [0.3, 0.4) is 0 Å². The molecule has 1 amide bonds. The third-order valence-electron chi connectivity index (χ3n) is 4.28. The van der Waals surface area contributed by atoms with Crippen molar-refractivity contribution >= 4 is 23.0 Å². The Balaban J connectivity index is 1.94. The highest BCUT2D eigenvalue weighted by atomic mass is 16.5. The van der Waals surface area contributed by atoms with Crippen molar-refractivity contribution in [2.45, 2.75) is 39.2 Å². The maximum Gasteiger partial charge on any atom is 0.326 e. The van der Waals surface area contributed by atoms with Gasteiger partial charge in [-0.15, -0.1) is 0 Å². The summed E-state index contributed by atoms with van der Waals surface area (Å²) in [6, 6.07) is 9.75. The maximum atomic E-state index is 12.9. The smallest absolute Gasteiger partial charge is 0.326 e. The zero-order chi connectivity index (χ0) is 19.6. The lowest BCUT2D eigenvalue weighted by Gasteiger charge is -2.15. The number of pyridine rings is 1. The second-order valence-corrected chi connectivity index (χ2v) is 6.77. The van der Waals surface area contributed by atoms with Crippen molar-refractivity contribution in [3.8, 4) is 0 Å². The van der Waals surface area contributed by atoms with Crippen LogP contribution in [-0.2, 0) is 11.2 Å². The first kappa shape index (κ1) is 18.6. The molecule has 7 nitrogen and oxygen atoms in total. The van der Waals surface area contributed by atoms with E-state index in [2.05, 4.69) is 15.5 Å². The number of carbonyl (C=O) groups excluding carboxylic acids is 1. The molecule has 0 unspecified atom stereocenters. The summed E-state index contributed by atoms with van der Waals surface area (Å²) in [5, 5.41) is 16.7. The zero-order valence-corrected chi connectivity index (χ0v) is 15.4. The molecule has 140 valence electrons. The van der Waals surface area contributed by atoms with Crippen molar-refractivity contribution in [3.05, 3.63) is 58.9 Å². The van der Waals surface area contributed by atoms with Crippen molar-refractivity contribution in [2.75, 3.05) is 0 Å². The minimum absolute atomic E-state index is 0.0295. The highest BCUT2D eigenvalue weighted by molar-refractivity contribution is 6.07. The van der Waals surface area contributed by atoms with Crippen LogP contribution in [0.15, 0.2) is 40.9 Å². The van der Waals surface area contributed by atoms with Crippen molar-refractivity contribution in [3.63, 3.8) is 0 Å². The molecule has 0 aliphatic heterocycles. The van der Waals surface area contributed by atoms with E-state index in [9.17, 15) is 14.7 Å². The van der Waals surface area contributed by atoms with Gasteiger partial charge < -0.3 is 14.9 Å². The number of hydrogen-bond donors (Lipinski definition) is 2. The van der Waals surface area contributed by atoms with Gasteiger partial charge in [-0.1, -0.05) is 49.3 Å². The van der Waals surface area contributed by atoms with Crippen molar-refractivity contribution in [2.24, 2.45) is 0 Å². The molecule has 3 aromatic rings. The number of aliphatic carboxylic acids is 1. The number of rotatable bonds is 6. The number of hydrogen-bond acceptors (Lipinski definition) is 5. The summed E-state index contributed by atoms with van der Waals surface area (Å²) < 4.78 is 5.27. The Labute approximate surface area is 156 Å². The Bertz CT molecular complexity index is 980. The number of amides is 1. The summed E-state index contributed by atoms with van der Waals surface area (Å²) in [5.74, 6) is -1.55. The number of nitrogens with zero attached hydrogens (tertiary/aromatic N) is 2. The Morgan fingerprint density at radius 3 is 2.56 bits per heavy atom. The molecule has 1 aromatic carbocycles. The number of fused-ring (bicyclic) bond motifs is 1. The second-order valence-electron chi connectivity index (χ2n) is 6.77. The predicted octanol–water partition coefficient (Wildman–Crippen LogP) is 3.08. The molecule has 7 heteroatoms. The Morgan fingerprint density at radius 2 is 1.93 bits per heavy atom. The molecule has 0 bridgehead atoms. The molecule has 0 fully saturated rings. The number of carboxylic acids is 1. The van der Waals surface area contributed by atoms with E-state index >= 15 is 0 Å². The number of aromatic nitrogens is 2. The van der Waals surface area contributed by atoms with Gasteiger partial charge in [0.05, 0.1) is 16.6 Å². The van der Waals surface area contributed by atoms with Gasteiger partial charge in [-0.25, -0.2) is 9.78 Å². The molecule has 0 aliphatic rings. The zero-order valence-electron chi connectivity index (χ0n) is 15.4. The van der Waals surface area contributed by atoms with E-state index in [1.807, 2.05) is 44.2 Å². The van der Waals surface area contributed by atoms with Crippen LogP contribution >= 0.6 is 0 Å². The van der Waals surface area contributed by atoms with Crippen LogP contribution in [0.2, 0.25) is 0 Å². The maximum absolute atomic E-state index is 12.9. The van der Waals surface area contributed by atoms with Gasteiger partial charge in [-0.05, 0) is 24.5 Å². The van der Waals surface area contributed by atoms with E-state index in [0.29, 0.717) is 22.3 Å². The molecular weight excluding hydrogens is 346 g/mol. The lowest BCUT2D eigenvalue weighted by atomic mass is 10.0. The molecular formula is C20H21N3O4. The van der Waals surface area contributed by atoms with Gasteiger partial charge in [0.25, 0.3) is 11.6 Å². The molecule has 0 saturated heterocycles. The highest BCUT2D eigenvalue weighted by Crippen LogP contribution is 2.27. The van der Waals surface area contributed by atoms with E-state index in [0.717, 1.165) is 5.56 Å². The van der Waals surface area contributed by atoms with Crippen LogP contribution in [0, 0.1) is 6.92 Å². The molecule has 0 spiro atoms. The molecule has 1 atom stereocenters. The summed E-state index contributed by atoms with van der Waals surface area (Å²) in [5.41, 5.74) is 2.64. The van der Waals surface area contributed by atoms with Crippen LogP contribution in [-0.4, -0.2) is 33.2 Å². The van der Waals surface area contributed by atoms with E-state index in [4.69, 9.17) is 4.52 Å². The van der Waals surface area contributed by atoms with Gasteiger partial charge in [0.1, 0.15) is 6.04 Å². The first-order chi connectivity index (χ1) is 12.9. The standard InChI is InChI=1S/C20H21N3O4/c1-11(2)17-16-14(9-12(3)21-19(16)27-23-17)18(24)22-15(20(25)26)10-13-7-5-4-6-8-13/h4-9,11,15H,10H2,1-3H3,(H,22,24)(H,25,26)/t15-/m1/s1. The lowest BCUT2D eigenvalue weighted by Crippen LogP contribution is -2.42. The number of nitrogens with one attached hydrogen (secondary N) is 1. The molecule has 0 aliphatic carbocycles. The first-order valence-corrected chi connectivity index (χ1v) is 8.71. The summed E-state index contributed by atoms with van der Waals surface area (Å²) in [4.78, 5) is 28.9. The molecule has 0 radical (unpaired) electrons. The van der Waals surface area contributed by atoms with Crippen LogP contribution in [0.1, 0.15) is 47.1 Å². The fourth-order valence-corrected chi connectivity index (χ4v) is 2.96. The van der Waals surface area contributed by atoms with Crippen molar-refractivity contribution < 1.29 is 19.2 Å². The third-order valence-corrected chi connectivity index (χ3v) is 4.28. The van der Waals surface area contributed by atoms with Crippen molar-refractivity contribution in [1.29, 1.82) is 0 Å². The Hall–Kier alpha value is -3.22. The fourth-order valence-electron chi connectivity index (χ4n) is 2.96. The summed E-state index contributed by atoms with van der Waals surface area (Å²) in [7, 11) is 0. The van der Waals surface area contributed by atoms with Gasteiger partial charge in [0, 0.05) is 12.1 Å². The number of carbonyl (C=O) groups is 2. The number of aryl methyl sites for hydroxylation is 1. The minimum atomic E-state index is -1.09. The van der Waals surface area contributed by atoms with Gasteiger partial charge in [-0.3, -0.25) is 4.79 Å². The quantitative estimate of drug-likeness (QED) is 0.694. The van der Waals surface area contributed by atoms with Crippen LogP contribution in [0.4, 0.5) is 0 Å². The SMILES string of the molecule is Cc1cc(C(=O)N[C@H](Cc2ccccc2)C(=O)O)c2c(C(C)C)noc2n1. The normalized spacial score (nSPS) is 12.3. The van der Waals surface area contributed by atoms with Crippen LogP contribution < -0.4 is 5.32 Å². The van der Waals surface area contributed by atoms with Gasteiger partial charge >= 0.3 is 5.97 Å². The average molecular weight is 367 g/mol. The van der Waals surface area contributed by atoms with Gasteiger partial charge in [-0.2, -0.15) is 0 Å². The van der Waals surface area contributed by atoms with E-state index in [1.54, 1.807) is 13.0 Å². The molecule has 2 N–H and O–H groups in total. The van der Waals surface area contributed by atoms with Crippen LogP contribution in [0.5, 0.6) is 0 Å². The summed E-state index contributed by atoms with van der Waals surface area (Å²) in [6.07, 6.45) is 0.190. The first-order valence-electron chi connectivity index (χ1n) is 8.71. The largest absolute Gasteiger partial charge is 0.480 e. The number of benzene rings is 1.